The topological polar surface area (TPSA) is 76.5 Å². The molecule has 0 atom stereocenters. The van der Waals surface area contributed by atoms with Crippen molar-refractivity contribution in [2.45, 2.75) is 18.4 Å². The molecule has 2 aromatic rings. The SMILES string of the molecule is COCCNC(=O)C1(n2cccn2)CCN(C(=O)c2ccc(Cl)cc2)CC1. The number of benzene rings is 1. The molecule has 1 aromatic carbocycles. The van der Waals surface area contributed by atoms with Crippen LogP contribution in [-0.2, 0) is 15.1 Å². The molecule has 2 heterocycles. The van der Waals surface area contributed by atoms with E-state index in [-0.39, 0.29) is 11.8 Å². The van der Waals surface area contributed by atoms with Gasteiger partial charge in [-0.2, -0.15) is 5.10 Å². The first-order chi connectivity index (χ1) is 13.1. The van der Waals surface area contributed by atoms with Gasteiger partial charge in [-0.3, -0.25) is 14.3 Å². The van der Waals surface area contributed by atoms with Crippen LogP contribution in [0.1, 0.15) is 23.2 Å². The number of aromatic nitrogens is 2. The Bertz CT molecular complexity index is 769. The van der Waals surface area contributed by atoms with Crippen molar-refractivity contribution in [2.75, 3.05) is 33.4 Å². The second-order valence-corrected chi connectivity index (χ2v) is 6.97. The largest absolute Gasteiger partial charge is 0.383 e. The van der Waals surface area contributed by atoms with Crippen molar-refractivity contribution in [1.29, 1.82) is 0 Å². The van der Waals surface area contributed by atoms with Crippen LogP contribution in [-0.4, -0.2) is 59.8 Å². The van der Waals surface area contributed by atoms with Crippen LogP contribution in [0.4, 0.5) is 0 Å². The second kappa shape index (κ2) is 8.54. The maximum absolute atomic E-state index is 12.9. The van der Waals surface area contributed by atoms with Crippen molar-refractivity contribution >= 4 is 23.4 Å². The van der Waals surface area contributed by atoms with Gasteiger partial charge in [0.2, 0.25) is 5.91 Å². The van der Waals surface area contributed by atoms with Crippen molar-refractivity contribution in [3.8, 4) is 0 Å². The fourth-order valence-corrected chi connectivity index (χ4v) is 3.49. The van der Waals surface area contributed by atoms with Gasteiger partial charge >= 0.3 is 0 Å². The van der Waals surface area contributed by atoms with Gasteiger partial charge in [-0.15, -0.1) is 0 Å². The maximum atomic E-state index is 12.9. The van der Waals surface area contributed by atoms with Crippen LogP contribution in [0, 0.1) is 0 Å². The molecule has 3 rings (SSSR count). The van der Waals surface area contributed by atoms with Crippen molar-refractivity contribution in [3.05, 3.63) is 53.3 Å². The summed E-state index contributed by atoms with van der Waals surface area (Å²) < 4.78 is 6.72. The number of rotatable bonds is 6. The van der Waals surface area contributed by atoms with Gasteiger partial charge in [0.15, 0.2) is 0 Å². The van der Waals surface area contributed by atoms with Gasteiger partial charge in [0.25, 0.3) is 5.91 Å². The Hall–Kier alpha value is -2.38. The van der Waals surface area contributed by atoms with Crippen LogP contribution in [0.15, 0.2) is 42.7 Å². The summed E-state index contributed by atoms with van der Waals surface area (Å²) in [5.74, 6) is -0.151. The fourth-order valence-electron chi connectivity index (χ4n) is 3.37. The van der Waals surface area contributed by atoms with E-state index in [1.165, 1.54) is 0 Å². The average Bonchev–Trinajstić information content (AvgIpc) is 3.23. The Morgan fingerprint density at radius 2 is 1.96 bits per heavy atom. The van der Waals surface area contributed by atoms with E-state index >= 15 is 0 Å². The zero-order valence-corrected chi connectivity index (χ0v) is 16.0. The summed E-state index contributed by atoms with van der Waals surface area (Å²) in [4.78, 5) is 27.4. The molecule has 2 amide bonds. The molecule has 1 saturated heterocycles. The summed E-state index contributed by atoms with van der Waals surface area (Å²) in [6.45, 7) is 1.83. The Morgan fingerprint density at radius 3 is 2.56 bits per heavy atom. The van der Waals surface area contributed by atoms with E-state index in [4.69, 9.17) is 16.3 Å². The highest BCUT2D eigenvalue weighted by Crippen LogP contribution is 2.31. The third kappa shape index (κ3) is 4.14. The van der Waals surface area contributed by atoms with E-state index in [1.54, 1.807) is 59.4 Å². The summed E-state index contributed by atoms with van der Waals surface area (Å²) in [5.41, 5.74) is -0.205. The number of nitrogens with one attached hydrogen (secondary N) is 1. The standard InChI is InChI=1S/C19H23ClN4O3/c1-27-14-10-21-18(26)19(24-11-2-9-22-24)7-12-23(13-8-19)17(25)15-3-5-16(20)6-4-15/h2-6,9,11H,7-8,10,12-14H2,1H3,(H,21,26). The number of halogens is 1. The molecule has 0 radical (unpaired) electrons. The lowest BCUT2D eigenvalue weighted by atomic mass is 9.86. The Labute approximate surface area is 163 Å². The Balaban J connectivity index is 1.73. The summed E-state index contributed by atoms with van der Waals surface area (Å²) in [6.07, 6.45) is 4.45. The lowest BCUT2D eigenvalue weighted by Gasteiger charge is -2.40. The number of piperidine rings is 1. The number of carbonyl (C=O) groups excluding carboxylic acids is 2. The molecular weight excluding hydrogens is 368 g/mol. The molecule has 0 bridgehead atoms. The minimum atomic E-state index is -0.798. The van der Waals surface area contributed by atoms with Crippen LogP contribution in [0.25, 0.3) is 0 Å². The van der Waals surface area contributed by atoms with E-state index in [2.05, 4.69) is 10.4 Å². The zero-order chi connectivity index (χ0) is 19.3. The molecule has 0 unspecified atom stereocenters. The highest BCUT2D eigenvalue weighted by molar-refractivity contribution is 6.30. The van der Waals surface area contributed by atoms with Crippen LogP contribution >= 0.6 is 11.6 Å². The smallest absolute Gasteiger partial charge is 0.253 e. The van der Waals surface area contributed by atoms with Crippen LogP contribution in [0.2, 0.25) is 5.02 Å². The van der Waals surface area contributed by atoms with Gasteiger partial charge in [0, 0.05) is 49.7 Å². The molecule has 1 aliphatic rings. The molecule has 1 N–H and O–H groups in total. The Kier molecular flexibility index (Phi) is 6.13. The first-order valence-corrected chi connectivity index (χ1v) is 9.27. The van der Waals surface area contributed by atoms with Crippen molar-refractivity contribution in [1.82, 2.24) is 20.0 Å². The molecule has 0 saturated carbocycles. The Morgan fingerprint density at radius 1 is 1.26 bits per heavy atom. The number of carbonyl (C=O) groups is 2. The maximum Gasteiger partial charge on any atom is 0.253 e. The number of methoxy groups -OCH3 is 1. The minimum Gasteiger partial charge on any atom is -0.383 e. The number of nitrogens with zero attached hydrogens (tertiary/aromatic N) is 3. The van der Waals surface area contributed by atoms with Gasteiger partial charge in [-0.1, -0.05) is 11.6 Å². The van der Waals surface area contributed by atoms with Crippen LogP contribution in [0.3, 0.4) is 0 Å². The molecule has 0 aliphatic carbocycles. The molecule has 8 heteroatoms. The number of amides is 2. The molecule has 1 fully saturated rings. The summed E-state index contributed by atoms with van der Waals surface area (Å²) in [5, 5.41) is 7.82. The number of likely N-dealkylation sites (tertiary alicyclic amines) is 1. The van der Waals surface area contributed by atoms with Gasteiger partial charge in [-0.25, -0.2) is 0 Å². The van der Waals surface area contributed by atoms with Crippen molar-refractivity contribution < 1.29 is 14.3 Å². The van der Waals surface area contributed by atoms with Gasteiger partial charge in [0.1, 0.15) is 5.54 Å². The molecule has 1 aliphatic heterocycles. The molecule has 27 heavy (non-hydrogen) atoms. The summed E-state index contributed by atoms with van der Waals surface area (Å²) in [6, 6.07) is 8.65. The quantitative estimate of drug-likeness (QED) is 0.764. The fraction of sp³-hybridized carbons (Fsp3) is 0.421. The number of hydrogen-bond acceptors (Lipinski definition) is 4. The van der Waals surface area contributed by atoms with Gasteiger partial charge < -0.3 is 15.0 Å². The first kappa shape index (κ1) is 19.4. The third-order valence-electron chi connectivity index (χ3n) is 4.93. The lowest BCUT2D eigenvalue weighted by Crippen LogP contribution is -2.56. The molecular formula is C19H23ClN4O3. The van der Waals surface area contributed by atoms with Crippen LogP contribution < -0.4 is 5.32 Å². The van der Waals surface area contributed by atoms with E-state index in [1.807, 2.05) is 0 Å². The third-order valence-corrected chi connectivity index (χ3v) is 5.18. The van der Waals surface area contributed by atoms with Gasteiger partial charge in [-0.05, 0) is 43.2 Å². The van der Waals surface area contributed by atoms with E-state index < -0.39 is 5.54 Å². The molecule has 144 valence electrons. The molecule has 1 aromatic heterocycles. The monoisotopic (exact) mass is 390 g/mol. The van der Waals surface area contributed by atoms with E-state index in [0.29, 0.717) is 49.7 Å². The highest BCUT2D eigenvalue weighted by Gasteiger charge is 2.44. The average molecular weight is 391 g/mol. The lowest BCUT2D eigenvalue weighted by molar-refractivity contribution is -0.133. The number of ether oxygens (including phenoxy) is 1. The van der Waals surface area contributed by atoms with Gasteiger partial charge in [0.05, 0.1) is 6.61 Å². The van der Waals surface area contributed by atoms with E-state index in [9.17, 15) is 9.59 Å². The molecule has 7 nitrogen and oxygen atoms in total. The predicted molar refractivity (Wildman–Crippen MR) is 102 cm³/mol. The second-order valence-electron chi connectivity index (χ2n) is 6.53. The summed E-state index contributed by atoms with van der Waals surface area (Å²) >= 11 is 5.90. The van der Waals surface area contributed by atoms with Crippen LogP contribution in [0.5, 0.6) is 0 Å². The zero-order valence-electron chi connectivity index (χ0n) is 15.2. The normalized spacial score (nSPS) is 16.1. The molecule has 0 spiro atoms. The van der Waals surface area contributed by atoms with Crippen molar-refractivity contribution in [3.63, 3.8) is 0 Å². The van der Waals surface area contributed by atoms with E-state index in [0.717, 1.165) is 0 Å². The predicted octanol–water partition coefficient (Wildman–Crippen LogP) is 1.93. The summed E-state index contributed by atoms with van der Waals surface area (Å²) in [7, 11) is 1.59. The minimum absolute atomic E-state index is 0.0551. The number of hydrogen-bond donors (Lipinski definition) is 1. The van der Waals surface area contributed by atoms with Crippen molar-refractivity contribution in [2.24, 2.45) is 0 Å². The first-order valence-electron chi connectivity index (χ1n) is 8.89. The highest BCUT2D eigenvalue weighted by atomic mass is 35.5.